The summed E-state index contributed by atoms with van der Waals surface area (Å²) < 4.78 is 0. The van der Waals surface area contributed by atoms with Gasteiger partial charge < -0.3 is 0 Å². The zero-order chi connectivity index (χ0) is 9.31. The molecule has 0 spiro atoms. The van der Waals surface area contributed by atoms with Crippen LogP contribution in [0.3, 0.4) is 0 Å². The van der Waals surface area contributed by atoms with Crippen LogP contribution < -0.4 is 0 Å². The molecule has 0 radical (unpaired) electrons. The van der Waals surface area contributed by atoms with Gasteiger partial charge in [0, 0.05) is 10.3 Å². The van der Waals surface area contributed by atoms with E-state index < -0.39 is 0 Å². The van der Waals surface area contributed by atoms with E-state index in [0.29, 0.717) is 0 Å². The molecule has 0 aromatic carbocycles. The number of hydrogen-bond donors (Lipinski definition) is 0. The largest absolute Gasteiger partial charge is 0.144 e. The maximum atomic E-state index is 3.94. The molecule has 0 saturated carbocycles. The average molecular weight is 190 g/mol. The third-order valence-electron chi connectivity index (χ3n) is 2.86. The normalized spacial score (nSPS) is 27.3. The Labute approximate surface area is 83.6 Å². The molecule has 1 heteroatoms. The molecule has 0 saturated heterocycles. The molecule has 0 bridgehead atoms. The SMILES string of the molecule is C=CC1(C)CCC=C1c1cccs1. The van der Waals surface area contributed by atoms with Crippen molar-refractivity contribution in [3.05, 3.63) is 41.1 Å². The number of thiophene rings is 1. The van der Waals surface area contributed by atoms with Crippen LogP contribution in [0, 0.1) is 5.41 Å². The number of rotatable bonds is 2. The Hall–Kier alpha value is -0.820. The molecule has 1 unspecified atom stereocenters. The van der Waals surface area contributed by atoms with Crippen LogP contribution in [0.1, 0.15) is 24.6 Å². The molecule has 1 aromatic rings. The first kappa shape index (κ1) is 8.76. The molecule has 0 fully saturated rings. The molecule has 1 atom stereocenters. The van der Waals surface area contributed by atoms with E-state index in [1.807, 2.05) is 11.3 Å². The number of hydrogen-bond acceptors (Lipinski definition) is 1. The summed E-state index contributed by atoms with van der Waals surface area (Å²) in [7, 11) is 0. The fourth-order valence-electron chi connectivity index (χ4n) is 1.91. The second kappa shape index (κ2) is 3.15. The van der Waals surface area contributed by atoms with E-state index in [4.69, 9.17) is 0 Å². The summed E-state index contributed by atoms with van der Waals surface area (Å²) in [6.07, 6.45) is 6.85. The zero-order valence-electron chi connectivity index (χ0n) is 7.92. The summed E-state index contributed by atoms with van der Waals surface area (Å²) in [4.78, 5) is 1.40. The smallest absolute Gasteiger partial charge is 0.0307 e. The summed E-state index contributed by atoms with van der Waals surface area (Å²) in [6, 6.07) is 4.31. The zero-order valence-corrected chi connectivity index (χ0v) is 8.73. The van der Waals surface area contributed by atoms with Crippen molar-refractivity contribution in [3.63, 3.8) is 0 Å². The van der Waals surface area contributed by atoms with Gasteiger partial charge in [0.25, 0.3) is 0 Å². The van der Waals surface area contributed by atoms with Crippen molar-refractivity contribution in [1.29, 1.82) is 0 Å². The molecule has 2 rings (SSSR count). The van der Waals surface area contributed by atoms with E-state index in [9.17, 15) is 0 Å². The van der Waals surface area contributed by atoms with E-state index in [2.05, 4.69) is 43.2 Å². The monoisotopic (exact) mass is 190 g/mol. The van der Waals surface area contributed by atoms with Crippen LogP contribution in [-0.2, 0) is 0 Å². The average Bonchev–Trinajstić information content (AvgIpc) is 2.73. The summed E-state index contributed by atoms with van der Waals surface area (Å²) in [5.74, 6) is 0. The first-order chi connectivity index (χ1) is 6.26. The third-order valence-corrected chi connectivity index (χ3v) is 3.77. The Morgan fingerprint density at radius 2 is 2.46 bits per heavy atom. The van der Waals surface area contributed by atoms with Crippen LogP contribution >= 0.6 is 11.3 Å². The van der Waals surface area contributed by atoms with Gasteiger partial charge in [-0.15, -0.1) is 17.9 Å². The summed E-state index contributed by atoms with van der Waals surface area (Å²) >= 11 is 1.82. The van der Waals surface area contributed by atoms with Gasteiger partial charge in [-0.25, -0.2) is 0 Å². The highest BCUT2D eigenvalue weighted by Gasteiger charge is 2.30. The highest BCUT2D eigenvalue weighted by molar-refractivity contribution is 7.11. The molecule has 1 aliphatic rings. The summed E-state index contributed by atoms with van der Waals surface area (Å²) in [5.41, 5.74) is 1.68. The van der Waals surface area contributed by atoms with Crippen molar-refractivity contribution < 1.29 is 0 Å². The maximum absolute atomic E-state index is 3.94. The van der Waals surface area contributed by atoms with E-state index in [1.165, 1.54) is 23.3 Å². The van der Waals surface area contributed by atoms with Crippen LogP contribution in [0.15, 0.2) is 36.2 Å². The summed E-state index contributed by atoms with van der Waals surface area (Å²) in [5, 5.41) is 2.14. The molecule has 0 aliphatic heterocycles. The molecule has 1 aliphatic carbocycles. The first-order valence-corrected chi connectivity index (χ1v) is 5.52. The minimum Gasteiger partial charge on any atom is -0.144 e. The van der Waals surface area contributed by atoms with Crippen LogP contribution in [0.5, 0.6) is 0 Å². The quantitative estimate of drug-likeness (QED) is 0.615. The van der Waals surface area contributed by atoms with Gasteiger partial charge >= 0.3 is 0 Å². The molecule has 68 valence electrons. The van der Waals surface area contributed by atoms with Gasteiger partial charge in [0.2, 0.25) is 0 Å². The van der Waals surface area contributed by atoms with Crippen LogP contribution in [-0.4, -0.2) is 0 Å². The standard InChI is InChI=1S/C12H14S/c1-3-12(2)8-4-6-10(12)11-7-5-9-13-11/h3,5-7,9H,1,4,8H2,2H3. The van der Waals surface area contributed by atoms with Crippen LogP contribution in [0.25, 0.3) is 5.57 Å². The van der Waals surface area contributed by atoms with Crippen molar-refractivity contribution in [2.75, 3.05) is 0 Å². The van der Waals surface area contributed by atoms with Crippen molar-refractivity contribution in [1.82, 2.24) is 0 Å². The third kappa shape index (κ3) is 1.37. The molecule has 1 heterocycles. The van der Waals surface area contributed by atoms with Gasteiger partial charge in [-0.05, 0) is 29.9 Å². The predicted octanol–water partition coefficient (Wildman–Crippen LogP) is 4.12. The lowest BCUT2D eigenvalue weighted by Gasteiger charge is -2.22. The molecule has 1 aromatic heterocycles. The summed E-state index contributed by atoms with van der Waals surface area (Å²) in [6.45, 7) is 6.21. The molecule has 13 heavy (non-hydrogen) atoms. The minimum atomic E-state index is 0.213. The lowest BCUT2D eigenvalue weighted by molar-refractivity contribution is 0.557. The van der Waals surface area contributed by atoms with Gasteiger partial charge in [0.05, 0.1) is 0 Å². The van der Waals surface area contributed by atoms with Crippen molar-refractivity contribution in [3.8, 4) is 0 Å². The Balaban J connectivity index is 2.39. The van der Waals surface area contributed by atoms with E-state index in [-0.39, 0.29) is 5.41 Å². The Bertz CT molecular complexity index is 332. The molecular weight excluding hydrogens is 176 g/mol. The maximum Gasteiger partial charge on any atom is 0.0307 e. The Morgan fingerprint density at radius 1 is 1.62 bits per heavy atom. The van der Waals surface area contributed by atoms with E-state index in [1.54, 1.807) is 0 Å². The van der Waals surface area contributed by atoms with Crippen LogP contribution in [0.4, 0.5) is 0 Å². The van der Waals surface area contributed by atoms with Gasteiger partial charge in [0.1, 0.15) is 0 Å². The van der Waals surface area contributed by atoms with E-state index >= 15 is 0 Å². The second-order valence-electron chi connectivity index (χ2n) is 3.76. The van der Waals surface area contributed by atoms with Gasteiger partial charge in [0.15, 0.2) is 0 Å². The number of allylic oxidation sites excluding steroid dienone is 3. The molecule has 0 nitrogen and oxygen atoms in total. The van der Waals surface area contributed by atoms with Crippen molar-refractivity contribution in [2.24, 2.45) is 5.41 Å². The van der Waals surface area contributed by atoms with Gasteiger partial charge in [-0.3, -0.25) is 0 Å². The topological polar surface area (TPSA) is 0 Å². The Morgan fingerprint density at radius 3 is 3.08 bits per heavy atom. The highest BCUT2D eigenvalue weighted by Crippen LogP contribution is 2.46. The van der Waals surface area contributed by atoms with Gasteiger partial charge in [-0.2, -0.15) is 0 Å². The minimum absolute atomic E-state index is 0.213. The van der Waals surface area contributed by atoms with Crippen molar-refractivity contribution in [2.45, 2.75) is 19.8 Å². The Kier molecular flexibility index (Phi) is 2.12. The van der Waals surface area contributed by atoms with E-state index in [0.717, 1.165) is 0 Å². The highest BCUT2D eigenvalue weighted by atomic mass is 32.1. The molecular formula is C12H14S. The lowest BCUT2D eigenvalue weighted by Crippen LogP contribution is -2.09. The molecule has 0 N–H and O–H groups in total. The predicted molar refractivity (Wildman–Crippen MR) is 59.8 cm³/mol. The lowest BCUT2D eigenvalue weighted by atomic mass is 9.83. The fraction of sp³-hybridized carbons (Fsp3) is 0.333. The van der Waals surface area contributed by atoms with Crippen LogP contribution in [0.2, 0.25) is 0 Å². The fourth-order valence-corrected chi connectivity index (χ4v) is 2.81. The van der Waals surface area contributed by atoms with Gasteiger partial charge in [-0.1, -0.05) is 25.1 Å². The molecule has 0 amide bonds. The first-order valence-electron chi connectivity index (χ1n) is 4.64. The van der Waals surface area contributed by atoms with Crippen molar-refractivity contribution >= 4 is 16.9 Å². The second-order valence-corrected chi connectivity index (χ2v) is 4.70.